The summed E-state index contributed by atoms with van der Waals surface area (Å²) < 4.78 is 1.33. The standard InChI is InChI=1S/C13H17NS/c1-13(2,3)12(14)10-8-15-11-7-5-4-6-9(10)11/h4-8,12H,14H2,1-3H3/t12-/m1/s1. The van der Waals surface area contributed by atoms with Crippen molar-refractivity contribution in [3.05, 3.63) is 35.2 Å². The quantitative estimate of drug-likeness (QED) is 0.772. The van der Waals surface area contributed by atoms with Crippen molar-refractivity contribution in [1.82, 2.24) is 0 Å². The minimum atomic E-state index is 0.105. The topological polar surface area (TPSA) is 26.0 Å². The highest BCUT2D eigenvalue weighted by molar-refractivity contribution is 7.17. The van der Waals surface area contributed by atoms with Crippen molar-refractivity contribution in [2.24, 2.45) is 11.1 Å². The Balaban J connectivity index is 2.53. The molecule has 2 rings (SSSR count). The maximum Gasteiger partial charge on any atom is 0.0358 e. The van der Waals surface area contributed by atoms with E-state index in [1.54, 1.807) is 11.3 Å². The zero-order chi connectivity index (χ0) is 11.1. The van der Waals surface area contributed by atoms with Crippen LogP contribution in [-0.4, -0.2) is 0 Å². The lowest BCUT2D eigenvalue weighted by molar-refractivity contribution is 0.329. The number of hydrogen-bond donors (Lipinski definition) is 1. The van der Waals surface area contributed by atoms with E-state index in [0.717, 1.165) is 0 Å². The second kappa shape index (κ2) is 3.62. The maximum absolute atomic E-state index is 6.29. The molecule has 0 amide bonds. The van der Waals surface area contributed by atoms with Gasteiger partial charge in [0.15, 0.2) is 0 Å². The van der Waals surface area contributed by atoms with Gasteiger partial charge in [-0.15, -0.1) is 11.3 Å². The zero-order valence-corrected chi connectivity index (χ0v) is 10.3. The molecule has 1 atom stereocenters. The molecule has 0 fully saturated rings. The Hall–Kier alpha value is -0.860. The molecule has 0 bridgehead atoms. The minimum Gasteiger partial charge on any atom is -0.323 e. The average molecular weight is 219 g/mol. The van der Waals surface area contributed by atoms with E-state index in [1.807, 2.05) is 0 Å². The summed E-state index contributed by atoms with van der Waals surface area (Å²) in [4.78, 5) is 0. The predicted molar refractivity (Wildman–Crippen MR) is 68.2 cm³/mol. The Morgan fingerprint density at radius 2 is 1.87 bits per heavy atom. The molecule has 0 aliphatic carbocycles. The third kappa shape index (κ3) is 1.92. The van der Waals surface area contributed by atoms with Gasteiger partial charge in [0.1, 0.15) is 0 Å². The van der Waals surface area contributed by atoms with E-state index in [9.17, 15) is 0 Å². The van der Waals surface area contributed by atoms with Gasteiger partial charge in [-0.05, 0) is 27.8 Å². The van der Waals surface area contributed by atoms with Crippen LogP contribution in [0.1, 0.15) is 32.4 Å². The van der Waals surface area contributed by atoms with Crippen LogP contribution in [0.5, 0.6) is 0 Å². The van der Waals surface area contributed by atoms with E-state index in [-0.39, 0.29) is 11.5 Å². The fourth-order valence-electron chi connectivity index (χ4n) is 1.71. The monoisotopic (exact) mass is 219 g/mol. The molecule has 0 spiro atoms. The van der Waals surface area contributed by atoms with Gasteiger partial charge in [0.05, 0.1) is 0 Å². The average Bonchev–Trinajstić information content (AvgIpc) is 2.58. The van der Waals surface area contributed by atoms with Crippen LogP contribution in [0.15, 0.2) is 29.6 Å². The second-order valence-corrected chi connectivity index (χ2v) is 5.94. The summed E-state index contributed by atoms with van der Waals surface area (Å²) >= 11 is 1.78. The van der Waals surface area contributed by atoms with Crippen molar-refractivity contribution >= 4 is 21.4 Å². The van der Waals surface area contributed by atoms with Gasteiger partial charge >= 0.3 is 0 Å². The molecule has 15 heavy (non-hydrogen) atoms. The molecule has 1 aromatic heterocycles. The summed E-state index contributed by atoms with van der Waals surface area (Å²) in [5, 5.41) is 3.51. The van der Waals surface area contributed by atoms with Crippen LogP contribution < -0.4 is 5.73 Å². The molecule has 0 radical (unpaired) electrons. The summed E-state index contributed by atoms with van der Waals surface area (Å²) in [6.07, 6.45) is 0. The number of hydrogen-bond acceptors (Lipinski definition) is 2. The van der Waals surface area contributed by atoms with Gasteiger partial charge in [-0.3, -0.25) is 0 Å². The van der Waals surface area contributed by atoms with E-state index < -0.39 is 0 Å². The molecule has 1 heterocycles. The van der Waals surface area contributed by atoms with E-state index >= 15 is 0 Å². The van der Waals surface area contributed by atoms with E-state index in [0.29, 0.717) is 0 Å². The summed E-state index contributed by atoms with van der Waals surface area (Å²) in [7, 11) is 0. The molecule has 1 aromatic carbocycles. The molecular formula is C13H17NS. The van der Waals surface area contributed by atoms with Crippen LogP contribution in [0.4, 0.5) is 0 Å². The third-order valence-electron chi connectivity index (χ3n) is 2.78. The highest BCUT2D eigenvalue weighted by Gasteiger charge is 2.24. The number of fused-ring (bicyclic) bond motifs is 1. The van der Waals surface area contributed by atoms with Gasteiger partial charge in [0.25, 0.3) is 0 Å². The van der Waals surface area contributed by atoms with Crippen LogP contribution in [-0.2, 0) is 0 Å². The largest absolute Gasteiger partial charge is 0.323 e. The Kier molecular flexibility index (Phi) is 2.57. The number of benzene rings is 1. The first-order valence-electron chi connectivity index (χ1n) is 5.22. The Morgan fingerprint density at radius 1 is 1.20 bits per heavy atom. The predicted octanol–water partition coefficient (Wildman–Crippen LogP) is 3.95. The van der Waals surface area contributed by atoms with Gasteiger partial charge in [0.2, 0.25) is 0 Å². The fraction of sp³-hybridized carbons (Fsp3) is 0.385. The van der Waals surface area contributed by atoms with Crippen molar-refractivity contribution in [3.63, 3.8) is 0 Å². The Bertz CT molecular complexity index is 465. The van der Waals surface area contributed by atoms with Crippen LogP contribution in [0.25, 0.3) is 10.1 Å². The van der Waals surface area contributed by atoms with Crippen molar-refractivity contribution < 1.29 is 0 Å². The SMILES string of the molecule is CC(C)(C)[C@H](N)c1csc2ccccc12. The smallest absolute Gasteiger partial charge is 0.0358 e. The maximum atomic E-state index is 6.29. The zero-order valence-electron chi connectivity index (χ0n) is 9.45. The van der Waals surface area contributed by atoms with Gasteiger partial charge < -0.3 is 5.73 Å². The van der Waals surface area contributed by atoms with Crippen LogP contribution in [0.3, 0.4) is 0 Å². The van der Waals surface area contributed by atoms with Crippen molar-refractivity contribution in [2.75, 3.05) is 0 Å². The highest BCUT2D eigenvalue weighted by atomic mass is 32.1. The molecule has 2 aromatic rings. The lowest BCUT2D eigenvalue weighted by Gasteiger charge is -2.26. The Labute approximate surface area is 94.9 Å². The van der Waals surface area contributed by atoms with E-state index in [2.05, 4.69) is 50.4 Å². The molecule has 1 nitrogen and oxygen atoms in total. The number of rotatable bonds is 1. The molecule has 0 aliphatic rings. The lowest BCUT2D eigenvalue weighted by Crippen LogP contribution is -2.25. The van der Waals surface area contributed by atoms with Crippen molar-refractivity contribution in [2.45, 2.75) is 26.8 Å². The van der Waals surface area contributed by atoms with E-state index in [1.165, 1.54) is 15.6 Å². The highest BCUT2D eigenvalue weighted by Crippen LogP contribution is 2.37. The normalized spacial score (nSPS) is 14.4. The van der Waals surface area contributed by atoms with Crippen molar-refractivity contribution in [3.8, 4) is 0 Å². The number of nitrogens with two attached hydrogens (primary N) is 1. The summed E-state index contributed by atoms with van der Waals surface area (Å²) in [5.74, 6) is 0. The molecule has 2 N–H and O–H groups in total. The van der Waals surface area contributed by atoms with Gasteiger partial charge in [-0.25, -0.2) is 0 Å². The molecule has 0 unspecified atom stereocenters. The number of thiophene rings is 1. The third-order valence-corrected chi connectivity index (χ3v) is 3.76. The minimum absolute atomic E-state index is 0.105. The van der Waals surface area contributed by atoms with Crippen LogP contribution >= 0.6 is 11.3 Å². The summed E-state index contributed by atoms with van der Waals surface area (Å²) in [6.45, 7) is 6.55. The summed E-state index contributed by atoms with van der Waals surface area (Å²) in [6, 6.07) is 8.57. The molecule has 0 saturated carbocycles. The van der Waals surface area contributed by atoms with Crippen LogP contribution in [0, 0.1) is 5.41 Å². The molecule has 0 aliphatic heterocycles. The lowest BCUT2D eigenvalue weighted by atomic mass is 9.83. The first-order chi connectivity index (χ1) is 7.00. The van der Waals surface area contributed by atoms with E-state index in [4.69, 9.17) is 5.73 Å². The molecule has 2 heteroatoms. The molecule has 0 saturated heterocycles. The Morgan fingerprint density at radius 3 is 2.53 bits per heavy atom. The first kappa shape index (κ1) is 10.7. The van der Waals surface area contributed by atoms with Gasteiger partial charge in [-0.1, -0.05) is 39.0 Å². The molecule has 80 valence electrons. The second-order valence-electron chi connectivity index (χ2n) is 5.03. The van der Waals surface area contributed by atoms with Crippen molar-refractivity contribution in [1.29, 1.82) is 0 Å². The fourth-order valence-corrected chi connectivity index (χ4v) is 2.70. The van der Waals surface area contributed by atoms with Gasteiger partial charge in [0, 0.05) is 10.7 Å². The summed E-state index contributed by atoms with van der Waals surface area (Å²) in [5.41, 5.74) is 7.68. The van der Waals surface area contributed by atoms with Gasteiger partial charge in [-0.2, -0.15) is 0 Å². The van der Waals surface area contributed by atoms with Crippen LogP contribution in [0.2, 0.25) is 0 Å². The first-order valence-corrected chi connectivity index (χ1v) is 6.10. The molecular weight excluding hydrogens is 202 g/mol.